The molecule has 0 aliphatic carbocycles. The molecule has 0 atom stereocenters. The summed E-state index contributed by atoms with van der Waals surface area (Å²) in [5.74, 6) is 0.747. The first-order valence-electron chi connectivity index (χ1n) is 10.8. The van der Waals surface area contributed by atoms with E-state index in [-0.39, 0.29) is 11.3 Å². The summed E-state index contributed by atoms with van der Waals surface area (Å²) in [5, 5.41) is 0. The molecule has 0 N–H and O–H groups in total. The highest BCUT2D eigenvalue weighted by Gasteiger charge is 2.25. The van der Waals surface area contributed by atoms with Crippen molar-refractivity contribution >= 4 is 23.5 Å². The molecule has 4 aromatic carbocycles. The van der Waals surface area contributed by atoms with Gasteiger partial charge in [0.2, 0.25) is 0 Å². The number of thioether (sulfide) groups is 1. The van der Waals surface area contributed by atoms with Crippen LogP contribution in [0.2, 0.25) is 0 Å². The van der Waals surface area contributed by atoms with Crippen molar-refractivity contribution in [3.63, 3.8) is 0 Å². The minimum atomic E-state index is -0.539. The molecule has 0 radical (unpaired) electrons. The molecule has 0 heterocycles. The third kappa shape index (κ3) is 5.21. The fourth-order valence-corrected chi connectivity index (χ4v) is 4.61. The van der Waals surface area contributed by atoms with Gasteiger partial charge in [-0.05, 0) is 41.0 Å². The van der Waals surface area contributed by atoms with E-state index >= 15 is 0 Å². The molecule has 0 unspecified atom stereocenters. The van der Waals surface area contributed by atoms with Crippen LogP contribution in [0, 0.1) is 0 Å². The number of esters is 1. The number of carbonyl (C=O) groups excluding carboxylic acids is 2. The van der Waals surface area contributed by atoms with E-state index in [0.717, 1.165) is 21.8 Å². The van der Waals surface area contributed by atoms with Gasteiger partial charge in [-0.25, -0.2) is 4.79 Å². The van der Waals surface area contributed by atoms with E-state index in [0.29, 0.717) is 22.4 Å². The molecule has 0 fully saturated rings. The zero-order valence-corrected chi connectivity index (χ0v) is 19.8. The zero-order chi connectivity index (χ0) is 23.9. The highest BCUT2D eigenvalue weighted by molar-refractivity contribution is 7.98. The third-order valence-electron chi connectivity index (χ3n) is 5.43. The molecule has 34 heavy (non-hydrogen) atoms. The molecule has 0 aliphatic heterocycles. The molecule has 4 nitrogen and oxygen atoms in total. The van der Waals surface area contributed by atoms with Crippen LogP contribution in [-0.4, -0.2) is 26.0 Å². The van der Waals surface area contributed by atoms with Crippen LogP contribution in [0.15, 0.2) is 102 Å². The Bertz CT molecular complexity index is 1280. The second-order valence-electron chi connectivity index (χ2n) is 7.58. The topological polar surface area (TPSA) is 52.6 Å². The standard InChI is InChI=1S/C29H24O4S/c1-32-23-15-13-20(14-16-23)19-34-24-17-25(21-9-5-3-6-10-21)27(26(18-24)29(31)33-2)28(30)22-11-7-4-8-12-22/h3-18H,19H2,1-2H3. The highest BCUT2D eigenvalue weighted by Crippen LogP contribution is 2.35. The van der Waals surface area contributed by atoms with E-state index in [4.69, 9.17) is 9.47 Å². The first-order valence-corrected chi connectivity index (χ1v) is 11.8. The van der Waals surface area contributed by atoms with Crippen LogP contribution < -0.4 is 4.74 Å². The number of rotatable bonds is 8. The fourth-order valence-electron chi connectivity index (χ4n) is 3.68. The van der Waals surface area contributed by atoms with Crippen molar-refractivity contribution in [2.24, 2.45) is 0 Å². The lowest BCUT2D eigenvalue weighted by Crippen LogP contribution is -2.13. The van der Waals surface area contributed by atoms with E-state index in [2.05, 4.69) is 0 Å². The van der Waals surface area contributed by atoms with Crippen molar-refractivity contribution in [3.05, 3.63) is 119 Å². The summed E-state index contributed by atoms with van der Waals surface area (Å²) in [5.41, 5.74) is 3.81. The van der Waals surface area contributed by atoms with Gasteiger partial charge in [0.25, 0.3) is 0 Å². The van der Waals surface area contributed by atoms with Crippen LogP contribution >= 0.6 is 11.8 Å². The van der Waals surface area contributed by atoms with Crippen LogP contribution in [0.3, 0.4) is 0 Å². The molecule has 0 aromatic heterocycles. The van der Waals surface area contributed by atoms with Gasteiger partial charge in [0.05, 0.1) is 19.8 Å². The first kappa shape index (κ1) is 23.3. The minimum Gasteiger partial charge on any atom is -0.497 e. The number of carbonyl (C=O) groups is 2. The predicted molar refractivity (Wildman–Crippen MR) is 136 cm³/mol. The molecule has 0 spiro atoms. The van der Waals surface area contributed by atoms with Crippen molar-refractivity contribution < 1.29 is 19.1 Å². The molecule has 5 heteroatoms. The van der Waals surface area contributed by atoms with Gasteiger partial charge < -0.3 is 9.47 Å². The molecule has 0 amide bonds. The number of ether oxygens (including phenoxy) is 2. The monoisotopic (exact) mass is 468 g/mol. The van der Waals surface area contributed by atoms with Crippen molar-refractivity contribution in [3.8, 4) is 16.9 Å². The van der Waals surface area contributed by atoms with Crippen molar-refractivity contribution in [2.75, 3.05) is 14.2 Å². The van der Waals surface area contributed by atoms with Gasteiger partial charge in [-0.3, -0.25) is 4.79 Å². The summed E-state index contributed by atoms with van der Waals surface area (Å²) < 4.78 is 10.3. The molecule has 0 bridgehead atoms. The highest BCUT2D eigenvalue weighted by atomic mass is 32.2. The lowest BCUT2D eigenvalue weighted by Gasteiger charge is -2.16. The van der Waals surface area contributed by atoms with E-state index in [1.165, 1.54) is 7.11 Å². The van der Waals surface area contributed by atoms with E-state index in [9.17, 15) is 9.59 Å². The summed E-state index contributed by atoms with van der Waals surface area (Å²) in [6.45, 7) is 0. The number of ketones is 1. The van der Waals surface area contributed by atoms with Gasteiger partial charge in [-0.15, -0.1) is 11.8 Å². The van der Waals surface area contributed by atoms with Crippen LogP contribution in [0.25, 0.3) is 11.1 Å². The SMILES string of the molecule is COC(=O)c1cc(SCc2ccc(OC)cc2)cc(-c2ccccc2)c1C(=O)c1ccccc1. The second-order valence-corrected chi connectivity index (χ2v) is 8.63. The molecule has 0 saturated heterocycles. The van der Waals surface area contributed by atoms with Crippen molar-refractivity contribution in [1.82, 2.24) is 0 Å². The van der Waals surface area contributed by atoms with Gasteiger partial charge in [-0.1, -0.05) is 72.8 Å². The van der Waals surface area contributed by atoms with Crippen LogP contribution in [0.5, 0.6) is 5.75 Å². The average molecular weight is 469 g/mol. The fraction of sp³-hybridized carbons (Fsp3) is 0.103. The Kier molecular flexibility index (Phi) is 7.45. The Labute approximate surface area is 203 Å². The summed E-state index contributed by atoms with van der Waals surface area (Å²) >= 11 is 1.59. The summed E-state index contributed by atoms with van der Waals surface area (Å²) in [4.78, 5) is 27.3. The Morgan fingerprint density at radius 3 is 2.06 bits per heavy atom. The number of hydrogen-bond donors (Lipinski definition) is 0. The maximum Gasteiger partial charge on any atom is 0.338 e. The van der Waals surface area contributed by atoms with Gasteiger partial charge in [0.1, 0.15) is 5.75 Å². The summed E-state index contributed by atoms with van der Waals surface area (Å²) in [6.07, 6.45) is 0. The lowest BCUT2D eigenvalue weighted by atomic mass is 9.90. The molecule has 170 valence electrons. The predicted octanol–water partition coefficient (Wildman–Crippen LogP) is 6.67. The number of hydrogen-bond acceptors (Lipinski definition) is 5. The van der Waals surface area contributed by atoms with Crippen molar-refractivity contribution in [2.45, 2.75) is 10.6 Å². The second kappa shape index (κ2) is 10.9. The van der Waals surface area contributed by atoms with Gasteiger partial charge in [0.15, 0.2) is 5.78 Å². The molecule has 4 aromatic rings. The normalized spacial score (nSPS) is 10.5. The quantitative estimate of drug-likeness (QED) is 0.164. The molecular formula is C29H24O4S. The van der Waals surface area contributed by atoms with Gasteiger partial charge in [0, 0.05) is 21.8 Å². The Hall–Kier alpha value is -3.83. The van der Waals surface area contributed by atoms with E-state index in [1.807, 2.05) is 78.9 Å². The van der Waals surface area contributed by atoms with E-state index < -0.39 is 5.97 Å². The lowest BCUT2D eigenvalue weighted by molar-refractivity contribution is 0.0597. The maximum atomic E-state index is 13.6. The third-order valence-corrected chi connectivity index (χ3v) is 6.48. The summed E-state index contributed by atoms with van der Waals surface area (Å²) in [7, 11) is 2.97. The number of methoxy groups -OCH3 is 2. The Morgan fingerprint density at radius 1 is 0.794 bits per heavy atom. The van der Waals surface area contributed by atoms with Crippen LogP contribution in [-0.2, 0) is 10.5 Å². The largest absolute Gasteiger partial charge is 0.497 e. The minimum absolute atomic E-state index is 0.216. The smallest absolute Gasteiger partial charge is 0.338 e. The number of benzene rings is 4. The Morgan fingerprint density at radius 2 is 1.44 bits per heavy atom. The Balaban J connectivity index is 1.81. The molecule has 4 rings (SSSR count). The van der Waals surface area contributed by atoms with Crippen molar-refractivity contribution in [1.29, 1.82) is 0 Å². The summed E-state index contributed by atoms with van der Waals surface area (Å²) in [6, 6.07) is 30.2. The maximum absolute atomic E-state index is 13.6. The van der Waals surface area contributed by atoms with Gasteiger partial charge in [-0.2, -0.15) is 0 Å². The molecular weight excluding hydrogens is 444 g/mol. The molecule has 0 aliphatic rings. The van der Waals surface area contributed by atoms with Crippen LogP contribution in [0.1, 0.15) is 31.8 Å². The van der Waals surface area contributed by atoms with E-state index in [1.54, 1.807) is 37.1 Å². The van der Waals surface area contributed by atoms with Crippen LogP contribution in [0.4, 0.5) is 0 Å². The van der Waals surface area contributed by atoms with Gasteiger partial charge >= 0.3 is 5.97 Å². The average Bonchev–Trinajstić information content (AvgIpc) is 2.91. The zero-order valence-electron chi connectivity index (χ0n) is 19.0. The molecule has 0 saturated carbocycles. The first-order chi connectivity index (χ1) is 16.6.